The fourth-order valence-corrected chi connectivity index (χ4v) is 1.70. The van der Waals surface area contributed by atoms with Crippen molar-refractivity contribution < 1.29 is 4.74 Å². The van der Waals surface area contributed by atoms with E-state index >= 15 is 0 Å². The van der Waals surface area contributed by atoms with Crippen molar-refractivity contribution in [1.82, 2.24) is 0 Å². The third-order valence-corrected chi connectivity index (χ3v) is 2.80. The lowest BCUT2D eigenvalue weighted by atomic mass is 10.2. The number of nitrogens with two attached hydrogens (primary N) is 1. The highest BCUT2D eigenvalue weighted by molar-refractivity contribution is 7.80. The zero-order valence-electron chi connectivity index (χ0n) is 9.69. The van der Waals surface area contributed by atoms with Crippen LogP contribution in [-0.4, -0.2) is 12.4 Å². The molecular formula is C13H21NOS. The van der Waals surface area contributed by atoms with E-state index in [-0.39, 0.29) is 0 Å². The van der Waals surface area contributed by atoms with Crippen LogP contribution in [0.2, 0.25) is 0 Å². The number of ether oxygens (including phenoxy) is 1. The highest BCUT2D eigenvalue weighted by Crippen LogP contribution is 2.12. The standard InChI is InChI=1S/C13H21NOS/c14-11-12-5-7-13(8-6-12)15-9-3-1-2-4-10-16/h5-8,16H,1-4,9-11,14H2. The van der Waals surface area contributed by atoms with Gasteiger partial charge in [0.1, 0.15) is 5.75 Å². The average molecular weight is 239 g/mol. The molecular weight excluding hydrogens is 218 g/mol. The second kappa shape index (κ2) is 8.48. The van der Waals surface area contributed by atoms with Crippen LogP contribution >= 0.6 is 12.6 Å². The van der Waals surface area contributed by atoms with E-state index in [0.29, 0.717) is 6.54 Å². The lowest BCUT2D eigenvalue weighted by molar-refractivity contribution is 0.305. The van der Waals surface area contributed by atoms with Crippen molar-refractivity contribution in [3.8, 4) is 5.75 Å². The molecule has 0 heterocycles. The minimum Gasteiger partial charge on any atom is -0.494 e. The monoisotopic (exact) mass is 239 g/mol. The molecule has 2 N–H and O–H groups in total. The fraction of sp³-hybridized carbons (Fsp3) is 0.538. The summed E-state index contributed by atoms with van der Waals surface area (Å²) in [5, 5.41) is 0. The molecule has 0 aliphatic carbocycles. The summed E-state index contributed by atoms with van der Waals surface area (Å²) in [6.45, 7) is 1.39. The second-order valence-corrected chi connectivity index (χ2v) is 4.28. The highest BCUT2D eigenvalue weighted by Gasteiger charge is 1.94. The molecule has 0 atom stereocenters. The zero-order valence-corrected chi connectivity index (χ0v) is 10.6. The number of thiol groups is 1. The number of unbranched alkanes of at least 4 members (excludes halogenated alkanes) is 3. The van der Waals surface area contributed by atoms with E-state index in [1.165, 1.54) is 19.3 Å². The van der Waals surface area contributed by atoms with Gasteiger partial charge in [-0.2, -0.15) is 12.6 Å². The Hall–Kier alpha value is -0.670. The molecule has 0 radical (unpaired) electrons. The van der Waals surface area contributed by atoms with Crippen LogP contribution in [-0.2, 0) is 6.54 Å². The van der Waals surface area contributed by atoms with Crippen molar-refractivity contribution in [2.45, 2.75) is 32.2 Å². The van der Waals surface area contributed by atoms with Crippen molar-refractivity contribution in [3.63, 3.8) is 0 Å². The zero-order chi connectivity index (χ0) is 11.6. The van der Waals surface area contributed by atoms with Crippen LogP contribution < -0.4 is 10.5 Å². The van der Waals surface area contributed by atoms with E-state index < -0.39 is 0 Å². The maximum atomic E-state index is 5.63. The summed E-state index contributed by atoms with van der Waals surface area (Å²) in [7, 11) is 0. The van der Waals surface area contributed by atoms with Crippen LogP contribution in [0.5, 0.6) is 5.75 Å². The minimum atomic E-state index is 0.587. The van der Waals surface area contributed by atoms with Gasteiger partial charge in [-0.15, -0.1) is 0 Å². The van der Waals surface area contributed by atoms with E-state index in [1.54, 1.807) is 0 Å². The third kappa shape index (κ3) is 5.42. The first-order valence-corrected chi connectivity index (χ1v) is 6.52. The molecule has 0 saturated carbocycles. The quantitative estimate of drug-likeness (QED) is 0.540. The molecule has 0 bridgehead atoms. The molecule has 0 aliphatic heterocycles. The highest BCUT2D eigenvalue weighted by atomic mass is 32.1. The topological polar surface area (TPSA) is 35.2 Å². The van der Waals surface area contributed by atoms with Gasteiger partial charge in [-0.3, -0.25) is 0 Å². The van der Waals surface area contributed by atoms with E-state index in [4.69, 9.17) is 10.5 Å². The Bertz CT molecular complexity index is 274. The summed E-state index contributed by atoms with van der Waals surface area (Å²) >= 11 is 4.18. The summed E-state index contributed by atoms with van der Waals surface area (Å²) in [5.74, 6) is 1.92. The largest absolute Gasteiger partial charge is 0.494 e. The maximum absolute atomic E-state index is 5.63. The summed E-state index contributed by atoms with van der Waals surface area (Å²) in [6, 6.07) is 7.98. The SMILES string of the molecule is NCc1ccc(OCCCCCCS)cc1. The van der Waals surface area contributed by atoms with E-state index in [2.05, 4.69) is 12.6 Å². The Kier molecular flexibility index (Phi) is 7.10. The first kappa shape index (κ1) is 13.4. The first-order chi connectivity index (χ1) is 7.86. The summed E-state index contributed by atoms with van der Waals surface area (Å²) in [6.07, 6.45) is 4.79. The van der Waals surface area contributed by atoms with Crippen molar-refractivity contribution >= 4 is 12.6 Å². The molecule has 90 valence electrons. The lowest BCUT2D eigenvalue weighted by Crippen LogP contribution is -1.99. The number of benzene rings is 1. The third-order valence-electron chi connectivity index (χ3n) is 2.48. The van der Waals surface area contributed by atoms with Crippen molar-refractivity contribution in [2.24, 2.45) is 5.73 Å². The van der Waals surface area contributed by atoms with Gasteiger partial charge in [-0.1, -0.05) is 25.0 Å². The van der Waals surface area contributed by atoms with Crippen molar-refractivity contribution in [2.75, 3.05) is 12.4 Å². The Labute approximate surface area is 104 Å². The van der Waals surface area contributed by atoms with Gasteiger partial charge in [0.2, 0.25) is 0 Å². The molecule has 0 spiro atoms. The Balaban J connectivity index is 2.12. The van der Waals surface area contributed by atoms with Crippen LogP contribution in [0.25, 0.3) is 0 Å². The average Bonchev–Trinajstić information content (AvgIpc) is 2.34. The summed E-state index contributed by atoms with van der Waals surface area (Å²) < 4.78 is 5.63. The van der Waals surface area contributed by atoms with Gasteiger partial charge in [0.05, 0.1) is 6.61 Å². The molecule has 2 nitrogen and oxygen atoms in total. The predicted octanol–water partition coefficient (Wildman–Crippen LogP) is 3.01. The molecule has 1 aromatic carbocycles. The molecule has 0 unspecified atom stereocenters. The molecule has 16 heavy (non-hydrogen) atoms. The van der Waals surface area contributed by atoms with Gasteiger partial charge < -0.3 is 10.5 Å². The van der Waals surface area contributed by atoms with Gasteiger partial charge in [-0.05, 0) is 36.3 Å². The Morgan fingerprint density at radius 2 is 1.69 bits per heavy atom. The van der Waals surface area contributed by atoms with Crippen molar-refractivity contribution in [1.29, 1.82) is 0 Å². The van der Waals surface area contributed by atoms with E-state index in [0.717, 1.165) is 30.1 Å². The molecule has 1 rings (SSSR count). The van der Waals surface area contributed by atoms with Gasteiger partial charge >= 0.3 is 0 Å². The van der Waals surface area contributed by atoms with Gasteiger partial charge in [0.15, 0.2) is 0 Å². The predicted molar refractivity (Wildman–Crippen MR) is 72.1 cm³/mol. The summed E-state index contributed by atoms with van der Waals surface area (Å²) in [4.78, 5) is 0. The van der Waals surface area contributed by atoms with Gasteiger partial charge in [0.25, 0.3) is 0 Å². The van der Waals surface area contributed by atoms with Crippen LogP contribution in [0.3, 0.4) is 0 Å². The van der Waals surface area contributed by atoms with Crippen molar-refractivity contribution in [3.05, 3.63) is 29.8 Å². The normalized spacial score (nSPS) is 10.4. The minimum absolute atomic E-state index is 0.587. The Morgan fingerprint density at radius 1 is 1.00 bits per heavy atom. The van der Waals surface area contributed by atoms with Crippen LogP contribution in [0.4, 0.5) is 0 Å². The maximum Gasteiger partial charge on any atom is 0.119 e. The molecule has 0 saturated heterocycles. The van der Waals surface area contributed by atoms with E-state index in [1.807, 2.05) is 24.3 Å². The van der Waals surface area contributed by atoms with Crippen LogP contribution in [0.15, 0.2) is 24.3 Å². The molecule has 0 aliphatic rings. The number of rotatable bonds is 8. The Morgan fingerprint density at radius 3 is 2.31 bits per heavy atom. The first-order valence-electron chi connectivity index (χ1n) is 5.89. The van der Waals surface area contributed by atoms with Gasteiger partial charge in [-0.25, -0.2) is 0 Å². The fourth-order valence-electron chi connectivity index (χ4n) is 1.48. The molecule has 0 fully saturated rings. The summed E-state index contributed by atoms with van der Waals surface area (Å²) in [5.41, 5.74) is 6.66. The van der Waals surface area contributed by atoms with Crippen LogP contribution in [0, 0.1) is 0 Å². The number of hydrogen-bond acceptors (Lipinski definition) is 3. The second-order valence-electron chi connectivity index (χ2n) is 3.83. The van der Waals surface area contributed by atoms with E-state index in [9.17, 15) is 0 Å². The lowest BCUT2D eigenvalue weighted by Gasteiger charge is -2.06. The number of hydrogen-bond donors (Lipinski definition) is 2. The van der Waals surface area contributed by atoms with Crippen LogP contribution in [0.1, 0.15) is 31.2 Å². The molecule has 0 amide bonds. The molecule has 1 aromatic rings. The molecule has 3 heteroatoms. The smallest absolute Gasteiger partial charge is 0.119 e. The van der Waals surface area contributed by atoms with Gasteiger partial charge in [0, 0.05) is 6.54 Å². The molecule has 0 aromatic heterocycles.